The maximum absolute atomic E-state index is 11.9. The van der Waals surface area contributed by atoms with Crippen molar-refractivity contribution < 1.29 is 17.8 Å². The Morgan fingerprint density at radius 1 is 1.30 bits per heavy atom. The summed E-state index contributed by atoms with van der Waals surface area (Å²) in [6, 6.07) is -0.369. The van der Waals surface area contributed by atoms with Crippen LogP contribution in [0.25, 0.3) is 0 Å². The molecule has 114 valence electrons. The van der Waals surface area contributed by atoms with Gasteiger partial charge >= 0.3 is 0 Å². The molecule has 2 rings (SSSR count). The third-order valence-electron chi connectivity index (χ3n) is 4.04. The Hall–Kier alpha value is -0.830. The number of nitrogens with two attached hydrogens (primary N) is 1. The SMILES string of the molecule is NC1CCC(C=NC(=O)[C@@H]2C[C@H](S(=O)(=O)O)CN2)CC1. The molecule has 0 spiro atoms. The lowest BCUT2D eigenvalue weighted by atomic mass is 9.87. The molecule has 4 N–H and O–H groups in total. The van der Waals surface area contributed by atoms with E-state index in [0.29, 0.717) is 0 Å². The number of carbonyl (C=O) groups is 1. The molecule has 0 aromatic heterocycles. The Morgan fingerprint density at radius 2 is 1.95 bits per heavy atom. The molecule has 0 aromatic rings. The fourth-order valence-corrected chi connectivity index (χ4v) is 3.42. The topological polar surface area (TPSA) is 122 Å². The lowest BCUT2D eigenvalue weighted by Crippen LogP contribution is -2.30. The number of rotatable bonds is 3. The number of hydrogen-bond acceptors (Lipinski definition) is 5. The molecule has 1 heterocycles. The van der Waals surface area contributed by atoms with Gasteiger partial charge in [-0.3, -0.25) is 9.35 Å². The predicted molar refractivity (Wildman–Crippen MR) is 75.2 cm³/mol. The van der Waals surface area contributed by atoms with Crippen molar-refractivity contribution in [2.45, 2.75) is 49.4 Å². The molecule has 7 nitrogen and oxygen atoms in total. The van der Waals surface area contributed by atoms with E-state index >= 15 is 0 Å². The fourth-order valence-electron chi connectivity index (χ4n) is 2.68. The zero-order chi connectivity index (χ0) is 14.8. The van der Waals surface area contributed by atoms with Gasteiger partial charge < -0.3 is 11.1 Å². The smallest absolute Gasteiger partial charge is 0.269 e. The van der Waals surface area contributed by atoms with Gasteiger partial charge in [0.15, 0.2) is 0 Å². The summed E-state index contributed by atoms with van der Waals surface area (Å²) in [7, 11) is -4.09. The van der Waals surface area contributed by atoms with E-state index in [4.69, 9.17) is 10.3 Å². The van der Waals surface area contributed by atoms with Crippen LogP contribution in [-0.4, -0.2) is 49.0 Å². The highest BCUT2D eigenvalue weighted by atomic mass is 32.2. The second-order valence-corrected chi connectivity index (χ2v) is 7.32. The van der Waals surface area contributed by atoms with Crippen LogP contribution >= 0.6 is 0 Å². The van der Waals surface area contributed by atoms with Gasteiger partial charge in [0.2, 0.25) is 0 Å². The molecule has 0 unspecified atom stereocenters. The minimum absolute atomic E-state index is 0.0740. The average Bonchev–Trinajstić information content (AvgIpc) is 2.87. The van der Waals surface area contributed by atoms with Gasteiger partial charge in [-0.1, -0.05) is 0 Å². The van der Waals surface area contributed by atoms with Crippen LogP contribution in [0.2, 0.25) is 0 Å². The number of carbonyl (C=O) groups excluding carboxylic acids is 1. The van der Waals surface area contributed by atoms with Gasteiger partial charge in [-0.05, 0) is 38.0 Å². The molecule has 2 aliphatic rings. The molecular weight excluding hydrogens is 282 g/mol. The van der Waals surface area contributed by atoms with Gasteiger partial charge in [0.25, 0.3) is 16.0 Å². The minimum atomic E-state index is -4.09. The maximum Gasteiger partial charge on any atom is 0.269 e. The van der Waals surface area contributed by atoms with Crippen molar-refractivity contribution in [3.8, 4) is 0 Å². The van der Waals surface area contributed by atoms with Gasteiger partial charge in [0.1, 0.15) is 5.25 Å². The van der Waals surface area contributed by atoms with Crippen LogP contribution in [0, 0.1) is 5.92 Å². The molecule has 1 saturated carbocycles. The summed E-state index contributed by atoms with van der Waals surface area (Å²) < 4.78 is 30.9. The highest BCUT2D eigenvalue weighted by Gasteiger charge is 2.36. The van der Waals surface area contributed by atoms with Crippen molar-refractivity contribution in [1.82, 2.24) is 5.32 Å². The lowest BCUT2D eigenvalue weighted by Gasteiger charge is -2.22. The first-order valence-electron chi connectivity index (χ1n) is 6.89. The van der Waals surface area contributed by atoms with E-state index in [9.17, 15) is 13.2 Å². The number of hydrogen-bond donors (Lipinski definition) is 3. The highest BCUT2D eigenvalue weighted by molar-refractivity contribution is 7.86. The van der Waals surface area contributed by atoms with Crippen LogP contribution in [0.5, 0.6) is 0 Å². The average molecular weight is 303 g/mol. The third kappa shape index (κ3) is 4.08. The summed E-state index contributed by atoms with van der Waals surface area (Å²) >= 11 is 0. The van der Waals surface area contributed by atoms with Crippen molar-refractivity contribution in [1.29, 1.82) is 0 Å². The first-order chi connectivity index (χ1) is 9.36. The standard InChI is InChI=1S/C12H21N3O4S/c13-9-3-1-8(2-4-9)6-15-12(16)11-5-10(7-14-11)20(17,18)19/h6,8-11,14H,1-5,7,13H2,(H,17,18,19)/t8?,9?,10-,11-/m0/s1. The van der Waals surface area contributed by atoms with Crippen molar-refractivity contribution >= 4 is 22.2 Å². The predicted octanol–water partition coefficient (Wildman–Crippen LogP) is -0.280. The number of nitrogens with zero attached hydrogens (tertiary/aromatic N) is 1. The largest absolute Gasteiger partial charge is 0.328 e. The van der Waals surface area contributed by atoms with Crippen LogP contribution < -0.4 is 11.1 Å². The molecule has 1 amide bonds. The Kier molecular flexibility index (Phi) is 4.90. The van der Waals surface area contributed by atoms with E-state index in [1.54, 1.807) is 6.21 Å². The molecule has 1 aliphatic carbocycles. The molecular formula is C12H21N3O4S. The van der Waals surface area contributed by atoms with Gasteiger partial charge in [-0.2, -0.15) is 8.42 Å². The van der Waals surface area contributed by atoms with Gasteiger partial charge in [-0.15, -0.1) is 0 Å². The van der Waals surface area contributed by atoms with Crippen molar-refractivity contribution in [3.05, 3.63) is 0 Å². The first-order valence-corrected chi connectivity index (χ1v) is 8.40. The minimum Gasteiger partial charge on any atom is -0.328 e. The molecule has 2 atom stereocenters. The summed E-state index contributed by atoms with van der Waals surface area (Å²) in [5, 5.41) is 1.87. The van der Waals surface area contributed by atoms with Crippen molar-refractivity contribution in [2.75, 3.05) is 6.54 Å². The zero-order valence-corrected chi connectivity index (χ0v) is 12.1. The third-order valence-corrected chi connectivity index (χ3v) is 5.24. The second-order valence-electron chi connectivity index (χ2n) is 5.62. The monoisotopic (exact) mass is 303 g/mol. The summed E-state index contributed by atoms with van der Waals surface area (Å²) in [6.07, 6.45) is 5.49. The first kappa shape index (κ1) is 15.6. The van der Waals surface area contributed by atoms with E-state index in [0.717, 1.165) is 25.7 Å². The molecule has 0 radical (unpaired) electrons. The van der Waals surface area contributed by atoms with Crippen LogP contribution in [0.3, 0.4) is 0 Å². The summed E-state index contributed by atoms with van der Waals surface area (Å²) in [5.41, 5.74) is 5.81. The molecule has 2 fully saturated rings. The Labute approximate surface area is 118 Å². The highest BCUT2D eigenvalue weighted by Crippen LogP contribution is 2.22. The number of amides is 1. The molecule has 20 heavy (non-hydrogen) atoms. The summed E-state index contributed by atoms with van der Waals surface area (Å²) in [5.74, 6) is -0.0939. The van der Waals surface area contributed by atoms with Crippen LogP contribution in [0.1, 0.15) is 32.1 Å². The molecule has 8 heteroatoms. The van der Waals surface area contributed by atoms with E-state index < -0.39 is 21.4 Å². The Morgan fingerprint density at radius 3 is 2.50 bits per heavy atom. The Bertz CT molecular complexity index is 483. The zero-order valence-electron chi connectivity index (χ0n) is 11.2. The number of nitrogens with one attached hydrogen (secondary N) is 1. The van der Waals surface area contributed by atoms with E-state index in [1.807, 2.05) is 0 Å². The lowest BCUT2D eigenvalue weighted by molar-refractivity contribution is -0.119. The van der Waals surface area contributed by atoms with Gasteiger partial charge in [0, 0.05) is 18.8 Å². The molecule has 0 bridgehead atoms. The second kappa shape index (κ2) is 6.30. The van der Waals surface area contributed by atoms with Crippen molar-refractivity contribution in [2.24, 2.45) is 16.6 Å². The van der Waals surface area contributed by atoms with Crippen molar-refractivity contribution in [3.63, 3.8) is 0 Å². The van der Waals surface area contributed by atoms with Gasteiger partial charge in [-0.25, -0.2) is 4.99 Å². The van der Waals surface area contributed by atoms with E-state index in [-0.39, 0.29) is 30.8 Å². The molecule has 0 aromatic carbocycles. The molecule has 1 saturated heterocycles. The van der Waals surface area contributed by atoms with Gasteiger partial charge in [0.05, 0.1) is 6.04 Å². The Balaban J connectivity index is 1.84. The fraction of sp³-hybridized carbons (Fsp3) is 0.833. The normalized spacial score (nSPS) is 35.5. The van der Waals surface area contributed by atoms with Crippen LogP contribution in [0.15, 0.2) is 4.99 Å². The van der Waals surface area contributed by atoms with E-state index in [1.165, 1.54) is 0 Å². The van der Waals surface area contributed by atoms with Crippen LogP contribution in [-0.2, 0) is 14.9 Å². The van der Waals surface area contributed by atoms with Crippen LogP contribution in [0.4, 0.5) is 0 Å². The maximum atomic E-state index is 11.9. The summed E-state index contributed by atoms with van der Waals surface area (Å²) in [4.78, 5) is 15.8. The molecule has 1 aliphatic heterocycles. The summed E-state index contributed by atoms with van der Waals surface area (Å²) in [6.45, 7) is 0.0864. The van der Waals surface area contributed by atoms with E-state index in [2.05, 4.69) is 10.3 Å². The quantitative estimate of drug-likeness (QED) is 0.487. The number of aliphatic imine (C=N–C) groups is 1.